The minimum absolute atomic E-state index is 0.211. The molecule has 0 saturated carbocycles. The summed E-state index contributed by atoms with van der Waals surface area (Å²) in [5.41, 5.74) is -0.912. The average Bonchev–Trinajstić information content (AvgIpc) is 3.16. The highest BCUT2D eigenvalue weighted by Crippen LogP contribution is 2.51. The Labute approximate surface area is 155 Å². The fourth-order valence-corrected chi connectivity index (χ4v) is 3.79. The Morgan fingerprint density at radius 2 is 1.85 bits per heavy atom. The second-order valence-corrected chi connectivity index (χ2v) is 7.60. The number of carbonyl (C=O) groups excluding carboxylic acids is 4. The lowest BCUT2D eigenvalue weighted by Crippen LogP contribution is -2.48. The zero-order chi connectivity index (χ0) is 20.1. The summed E-state index contributed by atoms with van der Waals surface area (Å²) in [7, 11) is 1.21. The van der Waals surface area contributed by atoms with E-state index in [1.165, 1.54) is 14.0 Å². The third-order valence-corrected chi connectivity index (χ3v) is 4.93. The largest absolute Gasteiger partial charge is 0.469 e. The Kier molecular flexibility index (Phi) is 4.75. The van der Waals surface area contributed by atoms with Gasteiger partial charge in [0.2, 0.25) is 0 Å². The van der Waals surface area contributed by atoms with E-state index in [0.717, 1.165) is 0 Å². The highest BCUT2D eigenvalue weighted by Gasteiger charge is 2.72. The summed E-state index contributed by atoms with van der Waals surface area (Å²) >= 11 is 0. The van der Waals surface area contributed by atoms with Gasteiger partial charge in [0.15, 0.2) is 12.2 Å². The molecule has 3 heterocycles. The van der Waals surface area contributed by atoms with Gasteiger partial charge < -0.3 is 23.7 Å². The van der Waals surface area contributed by atoms with Crippen LogP contribution in [0, 0.1) is 11.8 Å². The molecule has 3 saturated heterocycles. The number of esters is 4. The first-order chi connectivity index (χ1) is 12.6. The van der Waals surface area contributed by atoms with Crippen molar-refractivity contribution in [2.24, 2.45) is 11.8 Å². The summed E-state index contributed by atoms with van der Waals surface area (Å²) < 4.78 is 26.4. The van der Waals surface area contributed by atoms with Crippen LogP contribution in [0.1, 0.15) is 27.2 Å². The molecule has 0 amide bonds. The molecule has 0 radical (unpaired) electrons. The van der Waals surface area contributed by atoms with Crippen molar-refractivity contribution in [1.29, 1.82) is 0 Å². The van der Waals surface area contributed by atoms with E-state index in [1.54, 1.807) is 13.8 Å². The van der Waals surface area contributed by atoms with E-state index in [2.05, 4.69) is 6.58 Å². The lowest BCUT2D eigenvalue weighted by Gasteiger charge is -2.29. The standard InChI is InChI=1S/C18H22O9/c1-7(2)15(20)27-18(3,4)6-8(19)24-13-11-9(16(21)23-5)10-12(25-11)14(13)26-17(10)22/h9-14H,1,6H2,2-5H3. The van der Waals surface area contributed by atoms with Crippen LogP contribution in [0.25, 0.3) is 0 Å². The van der Waals surface area contributed by atoms with Crippen molar-refractivity contribution < 1.29 is 42.9 Å². The zero-order valence-electron chi connectivity index (χ0n) is 15.6. The third-order valence-electron chi connectivity index (χ3n) is 4.93. The Morgan fingerprint density at radius 1 is 1.19 bits per heavy atom. The number of ether oxygens (including phenoxy) is 5. The molecule has 0 aromatic carbocycles. The number of fused-ring (bicyclic) bond motifs is 1. The normalized spacial score (nSPS) is 33.4. The highest BCUT2D eigenvalue weighted by molar-refractivity contribution is 5.88. The van der Waals surface area contributed by atoms with Gasteiger partial charge in [0.1, 0.15) is 29.6 Å². The van der Waals surface area contributed by atoms with E-state index in [0.29, 0.717) is 0 Å². The Balaban J connectivity index is 1.68. The number of methoxy groups -OCH3 is 1. The van der Waals surface area contributed by atoms with Gasteiger partial charge in [0.25, 0.3) is 0 Å². The van der Waals surface area contributed by atoms with E-state index in [9.17, 15) is 19.2 Å². The van der Waals surface area contributed by atoms with E-state index in [-0.39, 0.29) is 12.0 Å². The molecule has 27 heavy (non-hydrogen) atoms. The molecule has 6 unspecified atom stereocenters. The minimum atomic E-state index is -1.12. The summed E-state index contributed by atoms with van der Waals surface area (Å²) in [6, 6.07) is 0. The summed E-state index contributed by atoms with van der Waals surface area (Å²) in [5.74, 6) is -4.07. The molecule has 0 aliphatic carbocycles. The molecule has 6 atom stereocenters. The van der Waals surface area contributed by atoms with Crippen molar-refractivity contribution in [2.45, 2.75) is 57.2 Å². The topological polar surface area (TPSA) is 114 Å². The number of hydrogen-bond acceptors (Lipinski definition) is 9. The highest BCUT2D eigenvalue weighted by atomic mass is 16.7. The van der Waals surface area contributed by atoms with Gasteiger partial charge in [0.05, 0.1) is 13.5 Å². The predicted octanol–water partition coefficient (Wildman–Crippen LogP) is 0.298. The molecular weight excluding hydrogens is 360 g/mol. The Hall–Kier alpha value is -2.42. The van der Waals surface area contributed by atoms with Gasteiger partial charge in [-0.25, -0.2) is 4.79 Å². The summed E-state index contributed by atoms with van der Waals surface area (Å²) in [6.45, 7) is 8.12. The quantitative estimate of drug-likeness (QED) is 0.363. The summed E-state index contributed by atoms with van der Waals surface area (Å²) in [6.07, 6.45) is -3.35. The molecule has 3 rings (SSSR count). The van der Waals surface area contributed by atoms with Crippen molar-refractivity contribution in [3.8, 4) is 0 Å². The van der Waals surface area contributed by atoms with Crippen LogP contribution < -0.4 is 0 Å². The van der Waals surface area contributed by atoms with Gasteiger partial charge in [-0.05, 0) is 20.8 Å². The summed E-state index contributed by atoms with van der Waals surface area (Å²) in [5, 5.41) is 0. The molecule has 2 bridgehead atoms. The van der Waals surface area contributed by atoms with Crippen LogP contribution in [0.4, 0.5) is 0 Å². The maximum absolute atomic E-state index is 12.4. The van der Waals surface area contributed by atoms with Crippen LogP contribution in [0.3, 0.4) is 0 Å². The van der Waals surface area contributed by atoms with Gasteiger partial charge in [-0.2, -0.15) is 0 Å². The van der Waals surface area contributed by atoms with Crippen LogP contribution in [0.2, 0.25) is 0 Å². The van der Waals surface area contributed by atoms with Crippen LogP contribution in [-0.2, 0) is 42.9 Å². The van der Waals surface area contributed by atoms with E-state index < -0.39 is 65.7 Å². The molecule has 0 N–H and O–H groups in total. The van der Waals surface area contributed by atoms with Crippen LogP contribution in [0.5, 0.6) is 0 Å². The van der Waals surface area contributed by atoms with Crippen molar-refractivity contribution in [3.05, 3.63) is 12.2 Å². The molecule has 3 fully saturated rings. The lowest BCUT2D eigenvalue weighted by molar-refractivity contribution is -0.170. The molecule has 9 nitrogen and oxygen atoms in total. The molecule has 0 spiro atoms. The first-order valence-electron chi connectivity index (χ1n) is 8.58. The molecule has 148 valence electrons. The number of hydrogen-bond donors (Lipinski definition) is 0. The molecule has 3 aliphatic rings. The molecular formula is C18H22O9. The zero-order valence-corrected chi connectivity index (χ0v) is 15.6. The minimum Gasteiger partial charge on any atom is -0.469 e. The van der Waals surface area contributed by atoms with Crippen molar-refractivity contribution >= 4 is 23.9 Å². The van der Waals surface area contributed by atoms with E-state index >= 15 is 0 Å². The van der Waals surface area contributed by atoms with Crippen LogP contribution >= 0.6 is 0 Å². The average molecular weight is 382 g/mol. The second-order valence-electron chi connectivity index (χ2n) is 7.60. The van der Waals surface area contributed by atoms with E-state index in [1.807, 2.05) is 0 Å². The second kappa shape index (κ2) is 6.63. The van der Waals surface area contributed by atoms with Crippen molar-refractivity contribution in [2.75, 3.05) is 7.11 Å². The first kappa shape index (κ1) is 19.3. The van der Waals surface area contributed by atoms with Crippen molar-refractivity contribution in [1.82, 2.24) is 0 Å². The van der Waals surface area contributed by atoms with Crippen molar-refractivity contribution in [3.63, 3.8) is 0 Å². The fraction of sp³-hybridized carbons (Fsp3) is 0.667. The van der Waals surface area contributed by atoms with Gasteiger partial charge in [-0.15, -0.1) is 0 Å². The molecule has 3 aliphatic heterocycles. The predicted molar refractivity (Wildman–Crippen MR) is 87.0 cm³/mol. The number of carbonyl (C=O) groups is 4. The van der Waals surface area contributed by atoms with Crippen LogP contribution in [-0.4, -0.2) is 61.0 Å². The molecule has 0 aromatic heterocycles. The third kappa shape index (κ3) is 3.31. The maximum Gasteiger partial charge on any atom is 0.333 e. The van der Waals surface area contributed by atoms with Crippen LogP contribution in [0.15, 0.2) is 12.2 Å². The molecule has 9 heteroatoms. The smallest absolute Gasteiger partial charge is 0.333 e. The lowest BCUT2D eigenvalue weighted by atomic mass is 9.78. The SMILES string of the molecule is C=C(C)C(=O)OC(C)(C)CC(=O)OC1C2OC(=O)C3C2OC1C3C(=O)OC. The summed E-state index contributed by atoms with van der Waals surface area (Å²) in [4.78, 5) is 48.2. The fourth-order valence-electron chi connectivity index (χ4n) is 3.79. The maximum atomic E-state index is 12.4. The Bertz CT molecular complexity index is 710. The molecule has 0 aromatic rings. The van der Waals surface area contributed by atoms with E-state index in [4.69, 9.17) is 23.7 Å². The Morgan fingerprint density at radius 3 is 2.44 bits per heavy atom. The van der Waals surface area contributed by atoms with Gasteiger partial charge in [-0.1, -0.05) is 6.58 Å². The first-order valence-corrected chi connectivity index (χ1v) is 8.58. The number of rotatable bonds is 6. The monoisotopic (exact) mass is 382 g/mol. The van der Waals surface area contributed by atoms with Gasteiger partial charge in [0, 0.05) is 5.57 Å². The van der Waals surface area contributed by atoms with Gasteiger partial charge in [-0.3, -0.25) is 14.4 Å². The van der Waals surface area contributed by atoms with Gasteiger partial charge >= 0.3 is 23.9 Å².